The summed E-state index contributed by atoms with van der Waals surface area (Å²) < 4.78 is 7.04. The molecule has 0 aliphatic carbocycles. The molecule has 0 spiro atoms. The summed E-state index contributed by atoms with van der Waals surface area (Å²) in [6, 6.07) is 23.0. The number of rotatable bonds is 12. The summed E-state index contributed by atoms with van der Waals surface area (Å²) in [7, 11) is 1.63. The van der Waals surface area contributed by atoms with Gasteiger partial charge in [-0.05, 0) is 66.4 Å². The van der Waals surface area contributed by atoms with Crippen molar-refractivity contribution in [2.45, 2.75) is 19.3 Å². The van der Waals surface area contributed by atoms with E-state index in [0.29, 0.717) is 35.8 Å². The van der Waals surface area contributed by atoms with Crippen LogP contribution in [0, 0.1) is 0 Å². The molecule has 0 atom stereocenters. The van der Waals surface area contributed by atoms with Crippen LogP contribution in [0.15, 0.2) is 84.1 Å². The second-order valence-electron chi connectivity index (χ2n) is 9.16. The fourth-order valence-corrected chi connectivity index (χ4v) is 5.13. The molecule has 0 saturated heterocycles. The average molecular weight is 568 g/mol. The fourth-order valence-electron chi connectivity index (χ4n) is 4.19. The van der Waals surface area contributed by atoms with Gasteiger partial charge in [-0.2, -0.15) is 5.10 Å². The summed E-state index contributed by atoms with van der Waals surface area (Å²) in [6.07, 6.45) is 4.21. The number of aliphatic hydroxyl groups excluding tert-OH is 1. The van der Waals surface area contributed by atoms with Gasteiger partial charge in [0.1, 0.15) is 11.5 Å². The number of nitrogens with zero attached hydrogens (tertiary/aromatic N) is 5. The number of aromatic nitrogens is 4. The number of aliphatic hydroxyl groups is 1. The molecule has 5 rings (SSSR count). The Balaban J connectivity index is 1.44. The van der Waals surface area contributed by atoms with Crippen molar-refractivity contribution in [3.63, 3.8) is 0 Å². The van der Waals surface area contributed by atoms with Gasteiger partial charge in [-0.3, -0.25) is 10.2 Å². The van der Waals surface area contributed by atoms with Crippen molar-refractivity contribution < 1.29 is 14.6 Å². The molecular formula is C30H29N7O3S. The number of nitrogens with two attached hydrogens (primary N) is 1. The van der Waals surface area contributed by atoms with Crippen LogP contribution in [0.4, 0.5) is 10.8 Å². The van der Waals surface area contributed by atoms with Crippen LogP contribution in [0.2, 0.25) is 0 Å². The Kier molecular flexibility index (Phi) is 8.77. The maximum Gasteiger partial charge on any atom is 0.204 e. The van der Waals surface area contributed by atoms with Crippen LogP contribution in [-0.2, 0) is 17.6 Å². The van der Waals surface area contributed by atoms with Crippen LogP contribution in [0.5, 0.6) is 5.75 Å². The first kappa shape index (κ1) is 27.7. The van der Waals surface area contributed by atoms with Gasteiger partial charge in [0.2, 0.25) is 5.13 Å². The number of nitrogens with one attached hydrogen (secondary N) is 1. The van der Waals surface area contributed by atoms with E-state index in [9.17, 15) is 4.79 Å². The van der Waals surface area contributed by atoms with Gasteiger partial charge in [-0.25, -0.2) is 9.67 Å². The molecule has 208 valence electrons. The number of benzene rings is 3. The van der Waals surface area contributed by atoms with Crippen molar-refractivity contribution in [3.05, 3.63) is 90.3 Å². The Labute approximate surface area is 241 Å². The van der Waals surface area contributed by atoms with Gasteiger partial charge in [0.25, 0.3) is 0 Å². The van der Waals surface area contributed by atoms with Crippen molar-refractivity contribution in [1.82, 2.24) is 20.0 Å². The van der Waals surface area contributed by atoms with E-state index in [1.54, 1.807) is 17.9 Å². The summed E-state index contributed by atoms with van der Waals surface area (Å²) >= 11 is 1.43. The Hall–Kier alpha value is -4.87. The van der Waals surface area contributed by atoms with Gasteiger partial charge in [0.15, 0.2) is 6.29 Å². The molecule has 0 radical (unpaired) electrons. The highest BCUT2D eigenvalue weighted by Gasteiger charge is 2.16. The van der Waals surface area contributed by atoms with Crippen molar-refractivity contribution in [2.75, 3.05) is 24.9 Å². The lowest BCUT2D eigenvalue weighted by Gasteiger charge is -2.06. The number of methoxy groups -OCH3 is 1. The summed E-state index contributed by atoms with van der Waals surface area (Å²) in [6.45, 7) is 0.118. The zero-order chi connectivity index (χ0) is 28.6. The lowest BCUT2D eigenvalue weighted by Crippen LogP contribution is -2.09. The van der Waals surface area contributed by atoms with E-state index >= 15 is 0 Å². The second-order valence-corrected chi connectivity index (χ2v) is 10.2. The highest BCUT2D eigenvalue weighted by molar-refractivity contribution is 7.19. The SMILES string of the molecule is COc1ccc(-c2nc(N/N=C(\C=O)Cc3ccccc3N)sc2-c2ccc(-n3cc(CCCO)nn3)cc2)cc1. The number of para-hydroxylation sites is 1. The molecule has 4 N–H and O–H groups in total. The number of hydrogen-bond donors (Lipinski definition) is 3. The molecule has 0 fully saturated rings. The number of hydrogen-bond acceptors (Lipinski definition) is 10. The monoisotopic (exact) mass is 567 g/mol. The maximum atomic E-state index is 11.8. The Morgan fingerprint density at radius 2 is 1.85 bits per heavy atom. The molecule has 11 heteroatoms. The van der Waals surface area contributed by atoms with Crippen LogP contribution in [0.1, 0.15) is 17.7 Å². The molecular weight excluding hydrogens is 538 g/mol. The van der Waals surface area contributed by atoms with E-state index in [1.807, 2.05) is 72.9 Å². The zero-order valence-electron chi connectivity index (χ0n) is 22.4. The Morgan fingerprint density at radius 3 is 2.56 bits per heavy atom. The smallest absolute Gasteiger partial charge is 0.204 e. The molecule has 0 saturated carbocycles. The molecule has 5 aromatic rings. The number of hydrazone groups is 1. The van der Waals surface area contributed by atoms with Gasteiger partial charge in [0, 0.05) is 24.3 Å². The first-order valence-corrected chi connectivity index (χ1v) is 13.8. The Bertz CT molecular complexity index is 1640. The van der Waals surface area contributed by atoms with Gasteiger partial charge in [-0.1, -0.05) is 46.9 Å². The van der Waals surface area contributed by atoms with E-state index in [0.717, 1.165) is 50.7 Å². The van der Waals surface area contributed by atoms with Crippen molar-refractivity contribution in [2.24, 2.45) is 5.10 Å². The van der Waals surface area contributed by atoms with Gasteiger partial charge in [-0.15, -0.1) is 5.10 Å². The molecule has 41 heavy (non-hydrogen) atoms. The van der Waals surface area contributed by atoms with Gasteiger partial charge < -0.3 is 15.6 Å². The van der Waals surface area contributed by atoms with E-state index in [1.165, 1.54) is 11.3 Å². The van der Waals surface area contributed by atoms with E-state index in [-0.39, 0.29) is 6.61 Å². The minimum Gasteiger partial charge on any atom is -0.497 e. The topological polar surface area (TPSA) is 141 Å². The van der Waals surface area contributed by atoms with E-state index in [4.69, 9.17) is 20.6 Å². The standard InChI is InChI=1S/C30H29N7O3S/c1-40-26-14-10-20(11-15-26)28-29(21-8-12-25(13-9-21)37-18-23(34-36-37)6-4-16-38)41-30(32-28)35-33-24(19-39)17-22-5-2-3-7-27(22)31/h2-3,5,7-15,18-19,38H,4,6,16-17,31H2,1H3,(H,32,35)/b33-24-. The summed E-state index contributed by atoms with van der Waals surface area (Å²) in [5.74, 6) is 0.750. The molecule has 0 aliphatic heterocycles. The quantitative estimate of drug-likeness (QED) is 0.0847. The van der Waals surface area contributed by atoms with Crippen LogP contribution in [0.3, 0.4) is 0 Å². The molecule has 2 aromatic heterocycles. The molecule has 0 amide bonds. The number of aldehydes is 1. The highest BCUT2D eigenvalue weighted by Crippen LogP contribution is 2.39. The number of ether oxygens (including phenoxy) is 1. The predicted octanol–water partition coefficient (Wildman–Crippen LogP) is 4.78. The lowest BCUT2D eigenvalue weighted by atomic mass is 10.1. The van der Waals surface area contributed by atoms with Crippen LogP contribution >= 0.6 is 11.3 Å². The summed E-state index contributed by atoms with van der Waals surface area (Å²) in [4.78, 5) is 17.5. The number of aryl methyl sites for hydroxylation is 1. The Morgan fingerprint density at radius 1 is 1.10 bits per heavy atom. The largest absolute Gasteiger partial charge is 0.497 e. The second kappa shape index (κ2) is 13.0. The van der Waals surface area contributed by atoms with Gasteiger partial charge in [0.05, 0.1) is 35.3 Å². The predicted molar refractivity (Wildman–Crippen MR) is 162 cm³/mol. The first-order valence-electron chi connectivity index (χ1n) is 13.0. The molecule has 10 nitrogen and oxygen atoms in total. The number of anilines is 2. The van der Waals surface area contributed by atoms with Crippen molar-refractivity contribution >= 4 is 34.2 Å². The minimum absolute atomic E-state index is 0.118. The molecule has 2 heterocycles. The summed E-state index contributed by atoms with van der Waals surface area (Å²) in [5.41, 5.74) is 15.1. The third kappa shape index (κ3) is 6.65. The molecule has 3 aromatic carbocycles. The van der Waals surface area contributed by atoms with E-state index in [2.05, 4.69) is 20.8 Å². The molecule has 0 aliphatic rings. The molecule has 0 unspecified atom stereocenters. The maximum absolute atomic E-state index is 11.8. The number of carbonyl (C=O) groups is 1. The van der Waals surface area contributed by atoms with Crippen molar-refractivity contribution in [3.8, 4) is 33.1 Å². The molecule has 0 bridgehead atoms. The number of carbonyl (C=O) groups excluding carboxylic acids is 1. The number of nitrogen functional groups attached to an aromatic ring is 1. The third-order valence-electron chi connectivity index (χ3n) is 6.37. The first-order chi connectivity index (χ1) is 20.1. The summed E-state index contributed by atoms with van der Waals surface area (Å²) in [5, 5.41) is 22.3. The normalized spacial score (nSPS) is 11.4. The van der Waals surface area contributed by atoms with Crippen LogP contribution in [0.25, 0.3) is 27.4 Å². The fraction of sp³-hybridized carbons (Fsp3) is 0.167. The van der Waals surface area contributed by atoms with Crippen molar-refractivity contribution in [1.29, 1.82) is 0 Å². The average Bonchev–Trinajstić information content (AvgIpc) is 3.67. The third-order valence-corrected chi connectivity index (χ3v) is 7.38. The van der Waals surface area contributed by atoms with E-state index < -0.39 is 0 Å². The lowest BCUT2D eigenvalue weighted by molar-refractivity contribution is -0.102. The van der Waals surface area contributed by atoms with Crippen LogP contribution in [-0.4, -0.2) is 50.8 Å². The van der Waals surface area contributed by atoms with Gasteiger partial charge >= 0.3 is 0 Å². The number of thiazole rings is 1. The zero-order valence-corrected chi connectivity index (χ0v) is 23.2. The highest BCUT2D eigenvalue weighted by atomic mass is 32.1. The van der Waals surface area contributed by atoms with Crippen LogP contribution < -0.4 is 15.9 Å². The minimum atomic E-state index is 0.118.